The maximum absolute atomic E-state index is 13.1. The fourth-order valence-electron chi connectivity index (χ4n) is 3.36. The molecule has 0 aliphatic carbocycles. The number of alkyl halides is 6. The Kier molecular flexibility index (Phi) is 7.28. The zero-order valence-corrected chi connectivity index (χ0v) is 19.5. The molecule has 0 aliphatic heterocycles. The zero-order valence-electron chi connectivity index (χ0n) is 19.5. The van der Waals surface area contributed by atoms with E-state index in [2.05, 4.69) is 20.1 Å². The summed E-state index contributed by atoms with van der Waals surface area (Å²) in [7, 11) is 0. The van der Waals surface area contributed by atoms with E-state index < -0.39 is 29.4 Å². The first kappa shape index (κ1) is 26.5. The van der Waals surface area contributed by atoms with Crippen LogP contribution >= 0.6 is 0 Å². The molecule has 0 saturated heterocycles. The first-order chi connectivity index (χ1) is 18.0. The molecular formula is C25H17F6N5O2. The van der Waals surface area contributed by atoms with Gasteiger partial charge in [-0.15, -0.1) is 5.10 Å². The van der Waals surface area contributed by atoms with Gasteiger partial charge in [0.05, 0.1) is 23.3 Å². The fraction of sp³-hybridized carbons (Fsp3) is 0.160. The molecule has 0 aliphatic rings. The summed E-state index contributed by atoms with van der Waals surface area (Å²) < 4.78 is 84.5. The molecule has 0 amide bonds. The van der Waals surface area contributed by atoms with Gasteiger partial charge in [-0.25, -0.2) is 24.4 Å². The molecule has 13 heteroatoms. The van der Waals surface area contributed by atoms with E-state index in [9.17, 15) is 31.1 Å². The van der Waals surface area contributed by atoms with E-state index in [1.165, 1.54) is 49.2 Å². The monoisotopic (exact) mass is 533 g/mol. The maximum Gasteiger partial charge on any atom is 0.416 e. The van der Waals surface area contributed by atoms with Crippen LogP contribution in [0, 0.1) is 0 Å². The van der Waals surface area contributed by atoms with Crippen molar-refractivity contribution in [2.24, 2.45) is 0 Å². The molecule has 2 aromatic carbocycles. The van der Waals surface area contributed by atoms with Crippen LogP contribution in [0.5, 0.6) is 0 Å². The standard InChI is InChI=1S/C25H17F6N5O2/c1-2-38-23(37)20(17-11-32-14-33-12-17)13-36-22(16-5-9-19(10-6-16)25(29,30)31)34-21(35-36)15-3-7-18(8-4-15)24(26,27)28/h3-14H,2H2,1H3/b20-13+. The summed E-state index contributed by atoms with van der Waals surface area (Å²) in [6.07, 6.45) is -3.93. The second-order valence-electron chi connectivity index (χ2n) is 7.74. The van der Waals surface area contributed by atoms with Crippen molar-refractivity contribution >= 4 is 17.7 Å². The minimum atomic E-state index is -4.57. The summed E-state index contributed by atoms with van der Waals surface area (Å²) in [6, 6.07) is 8.09. The van der Waals surface area contributed by atoms with Crippen molar-refractivity contribution < 1.29 is 35.9 Å². The van der Waals surface area contributed by atoms with Crippen molar-refractivity contribution in [2.45, 2.75) is 19.3 Å². The Morgan fingerprint density at radius 3 is 1.89 bits per heavy atom. The molecule has 0 fully saturated rings. The minimum Gasteiger partial charge on any atom is -0.462 e. The van der Waals surface area contributed by atoms with Crippen molar-refractivity contribution in [1.29, 1.82) is 0 Å². The number of rotatable bonds is 6. The lowest BCUT2D eigenvalue weighted by molar-refractivity contribution is -0.138. The van der Waals surface area contributed by atoms with E-state index in [1.807, 2.05) is 0 Å². The van der Waals surface area contributed by atoms with Crippen molar-refractivity contribution in [2.75, 3.05) is 6.61 Å². The van der Waals surface area contributed by atoms with Gasteiger partial charge in [-0.2, -0.15) is 26.3 Å². The highest BCUT2D eigenvalue weighted by Gasteiger charge is 2.31. The lowest BCUT2D eigenvalue weighted by atomic mass is 10.1. The maximum atomic E-state index is 13.1. The Balaban J connectivity index is 1.87. The van der Waals surface area contributed by atoms with Gasteiger partial charge in [0.1, 0.15) is 6.33 Å². The first-order valence-electron chi connectivity index (χ1n) is 10.9. The predicted octanol–water partition coefficient (Wildman–Crippen LogP) is 6.00. The van der Waals surface area contributed by atoms with Crippen molar-refractivity contribution in [3.63, 3.8) is 0 Å². The molecule has 7 nitrogen and oxygen atoms in total. The lowest BCUT2D eigenvalue weighted by Crippen LogP contribution is -2.09. The smallest absolute Gasteiger partial charge is 0.416 e. The summed E-state index contributed by atoms with van der Waals surface area (Å²) in [5.74, 6) is -0.767. The summed E-state index contributed by atoms with van der Waals surface area (Å²) >= 11 is 0. The van der Waals surface area contributed by atoms with E-state index in [0.717, 1.165) is 28.9 Å². The van der Waals surface area contributed by atoms with Crippen LogP contribution in [0.3, 0.4) is 0 Å². The molecule has 38 heavy (non-hydrogen) atoms. The van der Waals surface area contributed by atoms with Crippen LogP contribution in [-0.2, 0) is 21.9 Å². The molecule has 196 valence electrons. The third kappa shape index (κ3) is 5.88. The molecule has 0 bridgehead atoms. The Hall–Kier alpha value is -4.55. The number of hydrogen-bond donors (Lipinski definition) is 0. The molecule has 0 N–H and O–H groups in total. The van der Waals surface area contributed by atoms with Crippen LogP contribution in [0.25, 0.3) is 34.5 Å². The van der Waals surface area contributed by atoms with Crippen molar-refractivity contribution in [3.8, 4) is 22.8 Å². The van der Waals surface area contributed by atoms with Gasteiger partial charge >= 0.3 is 18.3 Å². The number of carbonyl (C=O) groups is 1. The average molecular weight is 533 g/mol. The second-order valence-corrected chi connectivity index (χ2v) is 7.74. The Bertz CT molecular complexity index is 1450. The van der Waals surface area contributed by atoms with Crippen molar-refractivity contribution in [1.82, 2.24) is 24.7 Å². The molecule has 0 saturated carbocycles. The Labute approximate surface area is 211 Å². The van der Waals surface area contributed by atoms with Crippen LogP contribution in [-0.4, -0.2) is 37.3 Å². The number of aromatic nitrogens is 5. The molecule has 2 heterocycles. The minimum absolute atomic E-state index is 0.0206. The summed E-state index contributed by atoms with van der Waals surface area (Å²) in [5, 5.41) is 4.30. The lowest BCUT2D eigenvalue weighted by Gasteiger charge is -2.09. The summed E-state index contributed by atoms with van der Waals surface area (Å²) in [5.41, 5.74) is -1.14. The van der Waals surface area contributed by atoms with Crippen LogP contribution in [0.1, 0.15) is 23.6 Å². The van der Waals surface area contributed by atoms with Crippen LogP contribution < -0.4 is 0 Å². The highest BCUT2D eigenvalue weighted by molar-refractivity contribution is 6.20. The Morgan fingerprint density at radius 2 is 1.39 bits per heavy atom. The molecule has 4 rings (SSSR count). The quantitative estimate of drug-likeness (QED) is 0.172. The number of carbonyl (C=O) groups excluding carboxylic acids is 1. The third-order valence-electron chi connectivity index (χ3n) is 5.19. The fourth-order valence-corrected chi connectivity index (χ4v) is 3.36. The Morgan fingerprint density at radius 1 is 0.868 bits per heavy atom. The number of ether oxygens (including phenoxy) is 1. The van der Waals surface area contributed by atoms with Gasteiger partial charge in [0.2, 0.25) is 0 Å². The van der Waals surface area contributed by atoms with E-state index in [-0.39, 0.29) is 40.5 Å². The van der Waals surface area contributed by atoms with Gasteiger partial charge in [-0.05, 0) is 31.2 Å². The van der Waals surface area contributed by atoms with Gasteiger partial charge in [-0.3, -0.25) is 0 Å². The van der Waals surface area contributed by atoms with Gasteiger partial charge in [0.15, 0.2) is 11.6 Å². The molecule has 0 radical (unpaired) electrons. The molecule has 0 unspecified atom stereocenters. The van der Waals surface area contributed by atoms with E-state index in [0.29, 0.717) is 0 Å². The van der Waals surface area contributed by atoms with Crippen molar-refractivity contribution in [3.05, 3.63) is 83.9 Å². The van der Waals surface area contributed by atoms with E-state index in [4.69, 9.17) is 4.74 Å². The third-order valence-corrected chi connectivity index (χ3v) is 5.19. The summed E-state index contributed by atoms with van der Waals surface area (Å²) in [4.78, 5) is 24.8. The molecule has 2 aromatic heterocycles. The largest absolute Gasteiger partial charge is 0.462 e. The number of benzene rings is 2. The van der Waals surface area contributed by atoms with Gasteiger partial charge in [0.25, 0.3) is 0 Å². The molecular weight excluding hydrogens is 516 g/mol. The zero-order chi connectivity index (χ0) is 27.5. The SMILES string of the molecule is CCOC(=O)/C(=C/n1nc(-c2ccc(C(F)(F)F)cc2)nc1-c1ccc(C(F)(F)F)cc1)c1cncnc1. The normalized spacial score (nSPS) is 12.4. The van der Waals surface area contributed by atoms with Gasteiger partial charge in [0, 0.05) is 35.3 Å². The van der Waals surface area contributed by atoms with Crippen LogP contribution in [0.4, 0.5) is 26.3 Å². The summed E-state index contributed by atoms with van der Waals surface area (Å²) in [6.45, 7) is 1.65. The molecule has 4 aromatic rings. The number of esters is 1. The van der Waals surface area contributed by atoms with Crippen LogP contribution in [0.15, 0.2) is 67.3 Å². The van der Waals surface area contributed by atoms with E-state index in [1.54, 1.807) is 6.92 Å². The molecule has 0 spiro atoms. The van der Waals surface area contributed by atoms with Gasteiger partial charge in [-0.1, -0.05) is 24.3 Å². The first-order valence-corrected chi connectivity index (χ1v) is 10.9. The number of halogens is 6. The predicted molar refractivity (Wildman–Crippen MR) is 124 cm³/mol. The average Bonchev–Trinajstić information content (AvgIpc) is 3.31. The van der Waals surface area contributed by atoms with Gasteiger partial charge < -0.3 is 4.74 Å². The second kappa shape index (κ2) is 10.4. The highest BCUT2D eigenvalue weighted by Crippen LogP contribution is 2.33. The van der Waals surface area contributed by atoms with E-state index >= 15 is 0 Å². The molecule has 0 atom stereocenters. The number of hydrogen-bond acceptors (Lipinski definition) is 6. The topological polar surface area (TPSA) is 82.8 Å². The number of nitrogens with zero attached hydrogens (tertiary/aromatic N) is 5. The van der Waals surface area contributed by atoms with Crippen LogP contribution in [0.2, 0.25) is 0 Å². The highest BCUT2D eigenvalue weighted by atomic mass is 19.4.